The van der Waals surface area contributed by atoms with Crippen molar-refractivity contribution in [3.8, 4) is 0 Å². The zero-order valence-electron chi connectivity index (χ0n) is 23.9. The van der Waals surface area contributed by atoms with Gasteiger partial charge in [-0.3, -0.25) is 0 Å². The molecule has 0 unspecified atom stereocenters. The standard InChI is InChI=1S/C32H38N2S2.2ClH.Ni/c1-19(2)23-13-11-14-24(20(3)4)29(23)33-31-32(36-28-18-10-9-17-27(28)35-31)34-30-25(21(5)6)15-12-16-26(30)22(7)8;;;/h9-22H,1-8H3;2*1H;/q;;;+2/p-2. The van der Waals surface area contributed by atoms with E-state index in [2.05, 4.69) is 116 Å². The van der Waals surface area contributed by atoms with Crippen molar-refractivity contribution >= 4 is 63.8 Å². The number of hydrogen-bond donors (Lipinski definition) is 0. The Balaban J connectivity index is 0.00000134. The molecule has 39 heavy (non-hydrogen) atoms. The molecule has 0 radical (unpaired) electrons. The number of rotatable bonds is 6. The molecule has 0 atom stereocenters. The molecule has 0 bridgehead atoms. The predicted octanol–water partition coefficient (Wildman–Crippen LogP) is 11.3. The molecule has 0 N–H and O–H groups in total. The van der Waals surface area contributed by atoms with Crippen LogP contribution in [0, 0.1) is 0 Å². The molecule has 2 nitrogen and oxygen atoms in total. The van der Waals surface area contributed by atoms with Crippen LogP contribution in [0.5, 0.6) is 0 Å². The number of benzene rings is 3. The number of fused-ring (bicyclic) bond motifs is 1. The van der Waals surface area contributed by atoms with Crippen LogP contribution in [0.1, 0.15) is 101 Å². The number of para-hydroxylation sites is 2. The fraction of sp³-hybridized carbons (Fsp3) is 0.375. The van der Waals surface area contributed by atoms with Gasteiger partial charge >= 0.3 is 33.0 Å². The van der Waals surface area contributed by atoms with Crippen LogP contribution < -0.4 is 9.34 Å². The van der Waals surface area contributed by atoms with Crippen molar-refractivity contribution in [3.05, 3.63) is 92.3 Å². The van der Waals surface area contributed by atoms with Crippen molar-refractivity contribution in [2.24, 2.45) is 9.98 Å². The SMILES string of the molecule is CC(C)c1cccc(C(C)C)c1N=c1sc2ccccc2sc1=Nc1c(C(C)C)cccc1C(C)C.[Cl][Ni][Cl]. The van der Waals surface area contributed by atoms with E-state index in [0.717, 1.165) is 20.7 Å². The van der Waals surface area contributed by atoms with Crippen LogP contribution >= 0.6 is 43.1 Å². The van der Waals surface area contributed by atoms with Crippen molar-refractivity contribution in [2.45, 2.75) is 79.1 Å². The molecule has 0 aliphatic heterocycles. The summed E-state index contributed by atoms with van der Waals surface area (Å²) in [7, 11) is 9.40. The molecule has 0 saturated heterocycles. The second-order valence-corrected chi connectivity index (χ2v) is 14.4. The van der Waals surface area contributed by atoms with E-state index in [-0.39, 0.29) is 0 Å². The van der Waals surface area contributed by atoms with E-state index < -0.39 is 0 Å². The third kappa shape index (κ3) is 8.05. The summed E-state index contributed by atoms with van der Waals surface area (Å²) in [4.78, 5) is 10.8. The number of hydrogen-bond acceptors (Lipinski definition) is 4. The van der Waals surface area contributed by atoms with E-state index in [1.807, 2.05) is 0 Å². The number of halogens is 2. The Kier molecular flexibility index (Phi) is 12.3. The Labute approximate surface area is 256 Å². The van der Waals surface area contributed by atoms with Gasteiger partial charge in [-0.25, -0.2) is 9.98 Å². The molecule has 3 aromatic carbocycles. The van der Waals surface area contributed by atoms with Gasteiger partial charge in [0.2, 0.25) is 0 Å². The zero-order chi connectivity index (χ0) is 28.7. The first-order valence-electron chi connectivity index (χ1n) is 13.3. The zero-order valence-corrected chi connectivity index (χ0v) is 28.0. The fourth-order valence-electron chi connectivity index (χ4n) is 4.54. The van der Waals surface area contributed by atoms with Gasteiger partial charge < -0.3 is 0 Å². The van der Waals surface area contributed by atoms with Gasteiger partial charge in [-0.15, -0.1) is 22.7 Å². The fourth-order valence-corrected chi connectivity index (χ4v) is 6.63. The molecule has 7 heteroatoms. The molecule has 0 fully saturated rings. The van der Waals surface area contributed by atoms with Gasteiger partial charge in [0.1, 0.15) is 0 Å². The third-order valence-electron chi connectivity index (χ3n) is 6.56. The van der Waals surface area contributed by atoms with Gasteiger partial charge in [-0.05, 0) is 58.1 Å². The van der Waals surface area contributed by atoms with Crippen LogP contribution in [0.15, 0.2) is 70.6 Å². The molecule has 0 saturated carbocycles. The molecule has 4 rings (SSSR count). The van der Waals surface area contributed by atoms with Crippen LogP contribution in [-0.2, 0) is 12.7 Å². The van der Waals surface area contributed by atoms with Crippen molar-refractivity contribution in [1.82, 2.24) is 0 Å². The maximum atomic E-state index is 5.41. The summed E-state index contributed by atoms with van der Waals surface area (Å²) in [5.74, 6) is 1.58. The van der Waals surface area contributed by atoms with Crippen LogP contribution in [0.3, 0.4) is 0 Å². The van der Waals surface area contributed by atoms with Gasteiger partial charge in [-0.1, -0.05) is 104 Å². The van der Waals surface area contributed by atoms with Crippen molar-refractivity contribution in [1.29, 1.82) is 0 Å². The van der Waals surface area contributed by atoms with Crippen molar-refractivity contribution in [3.63, 3.8) is 0 Å². The van der Waals surface area contributed by atoms with Crippen LogP contribution in [0.2, 0.25) is 0 Å². The summed E-state index contributed by atoms with van der Waals surface area (Å²) in [5.41, 5.74) is 7.40. The monoisotopic (exact) mass is 642 g/mol. The first-order chi connectivity index (χ1) is 18.6. The van der Waals surface area contributed by atoms with Gasteiger partial charge in [0.15, 0.2) is 9.34 Å². The molecule has 0 aliphatic rings. The van der Waals surface area contributed by atoms with E-state index in [0.29, 0.717) is 36.3 Å². The summed E-state index contributed by atoms with van der Waals surface area (Å²) in [6, 6.07) is 21.9. The Morgan fingerprint density at radius 1 is 0.513 bits per heavy atom. The van der Waals surface area contributed by atoms with E-state index in [1.165, 1.54) is 31.7 Å². The van der Waals surface area contributed by atoms with Gasteiger partial charge in [0.25, 0.3) is 0 Å². The summed E-state index contributed by atoms with van der Waals surface area (Å²) in [6.07, 6.45) is 0. The van der Waals surface area contributed by atoms with E-state index in [1.54, 1.807) is 22.7 Å². The molecular formula is C32H38Cl2N2NiS2. The molecule has 1 aromatic heterocycles. The Morgan fingerprint density at radius 3 is 1.05 bits per heavy atom. The maximum absolute atomic E-state index is 5.41. The molecule has 1 heterocycles. The quantitative estimate of drug-likeness (QED) is 0.187. The average Bonchev–Trinajstić information content (AvgIpc) is 2.89. The third-order valence-corrected chi connectivity index (χ3v) is 8.92. The first kappa shape index (κ1) is 32.0. The Hall–Kier alpha value is -1.49. The van der Waals surface area contributed by atoms with Gasteiger partial charge in [0.05, 0.1) is 11.4 Å². The normalized spacial score (nSPS) is 12.8. The van der Waals surface area contributed by atoms with Crippen molar-refractivity contribution < 1.29 is 12.7 Å². The molecular weight excluding hydrogens is 606 g/mol. The van der Waals surface area contributed by atoms with Crippen molar-refractivity contribution in [2.75, 3.05) is 0 Å². The molecule has 212 valence electrons. The van der Waals surface area contributed by atoms with Crippen LogP contribution in [0.4, 0.5) is 11.4 Å². The average molecular weight is 644 g/mol. The predicted molar refractivity (Wildman–Crippen MR) is 171 cm³/mol. The molecule has 0 amide bonds. The summed E-state index contributed by atoms with van der Waals surface area (Å²) >= 11 is 4.06. The van der Waals surface area contributed by atoms with Gasteiger partial charge in [0, 0.05) is 9.40 Å². The van der Waals surface area contributed by atoms with E-state index >= 15 is 0 Å². The second-order valence-electron chi connectivity index (χ2n) is 10.7. The number of nitrogens with zero attached hydrogens (tertiary/aromatic N) is 2. The van der Waals surface area contributed by atoms with Crippen LogP contribution in [0.25, 0.3) is 9.40 Å². The first-order valence-corrected chi connectivity index (χ1v) is 17.6. The minimum absolute atomic E-state index is 0.395. The summed E-state index contributed by atoms with van der Waals surface area (Å²) in [5, 5.41) is 0. The molecule has 4 aromatic rings. The Morgan fingerprint density at radius 2 is 0.795 bits per heavy atom. The van der Waals surface area contributed by atoms with Gasteiger partial charge in [-0.2, -0.15) is 0 Å². The molecule has 0 aliphatic carbocycles. The minimum atomic E-state index is 0.395. The van der Waals surface area contributed by atoms with E-state index in [4.69, 9.17) is 30.4 Å². The van der Waals surface area contributed by atoms with E-state index in [9.17, 15) is 0 Å². The summed E-state index contributed by atoms with van der Waals surface area (Å²) in [6.45, 7) is 18.0. The summed E-state index contributed by atoms with van der Waals surface area (Å²) < 4.78 is 4.47. The second kappa shape index (κ2) is 14.9. The Bertz CT molecular complexity index is 1370. The molecule has 0 spiro atoms. The van der Waals surface area contributed by atoms with Crippen LogP contribution in [-0.4, -0.2) is 0 Å². The topological polar surface area (TPSA) is 24.7 Å².